The number of nitrogens with one attached hydrogen (secondary N) is 3. The second-order valence-electron chi connectivity index (χ2n) is 11.1. The molecule has 13 nitrogen and oxygen atoms in total. The van der Waals surface area contributed by atoms with Crippen molar-refractivity contribution in [1.82, 2.24) is 16.0 Å². The number of hydrogen-bond donors (Lipinski definition) is 4. The van der Waals surface area contributed by atoms with Crippen molar-refractivity contribution >= 4 is 23.9 Å². The van der Waals surface area contributed by atoms with Crippen LogP contribution in [0.15, 0.2) is 48.5 Å². The van der Waals surface area contributed by atoms with E-state index in [0.717, 1.165) is 22.3 Å². The molecule has 0 saturated carbocycles. The molecule has 0 radical (unpaired) electrons. The normalized spacial score (nSPS) is 12.3. The van der Waals surface area contributed by atoms with Crippen molar-refractivity contribution in [3.63, 3.8) is 0 Å². The Morgan fingerprint density at radius 3 is 2.02 bits per heavy atom. The lowest BCUT2D eigenvalue weighted by Gasteiger charge is -2.19. The molecular formula is C36H47N3O10. The second-order valence-corrected chi connectivity index (χ2v) is 11.1. The summed E-state index contributed by atoms with van der Waals surface area (Å²) in [5, 5.41) is 16.9. The third-order valence-corrected chi connectivity index (χ3v) is 7.59. The van der Waals surface area contributed by atoms with Gasteiger partial charge >= 0.3 is 12.1 Å². The van der Waals surface area contributed by atoms with Crippen LogP contribution in [0.2, 0.25) is 0 Å². The van der Waals surface area contributed by atoms with Crippen molar-refractivity contribution in [2.45, 2.75) is 44.1 Å². The SMILES string of the molecule is C#CCOCCOCCC(=O)N[C@@H](CCCCNC(=O)OCC1c2ccccc2-c2ccccc21)C(=O)NCCOCCOCCC(=O)O. The number of rotatable bonds is 25. The third-order valence-electron chi connectivity index (χ3n) is 7.59. The van der Waals surface area contributed by atoms with Crippen LogP contribution in [-0.2, 0) is 38.1 Å². The van der Waals surface area contributed by atoms with Gasteiger partial charge in [-0.1, -0.05) is 54.5 Å². The number of aliphatic carboxylic acids is 1. The highest BCUT2D eigenvalue weighted by molar-refractivity contribution is 5.87. The molecule has 0 bridgehead atoms. The van der Waals surface area contributed by atoms with Crippen molar-refractivity contribution in [2.75, 3.05) is 72.6 Å². The fourth-order valence-electron chi connectivity index (χ4n) is 5.22. The van der Waals surface area contributed by atoms with Gasteiger partial charge in [0.1, 0.15) is 19.3 Å². The largest absolute Gasteiger partial charge is 0.481 e. The van der Waals surface area contributed by atoms with E-state index < -0.39 is 18.1 Å². The maximum Gasteiger partial charge on any atom is 0.407 e. The number of carbonyl (C=O) groups excluding carboxylic acids is 3. The first-order valence-corrected chi connectivity index (χ1v) is 16.5. The van der Waals surface area contributed by atoms with Gasteiger partial charge in [0.05, 0.1) is 52.7 Å². The molecule has 49 heavy (non-hydrogen) atoms. The molecule has 266 valence electrons. The van der Waals surface area contributed by atoms with E-state index in [2.05, 4.69) is 46.1 Å². The molecule has 3 rings (SSSR count). The van der Waals surface area contributed by atoms with Gasteiger partial charge in [-0.2, -0.15) is 0 Å². The first-order chi connectivity index (χ1) is 23.9. The highest BCUT2D eigenvalue weighted by atomic mass is 16.5. The number of carbonyl (C=O) groups is 4. The van der Waals surface area contributed by atoms with Gasteiger partial charge in [-0.25, -0.2) is 4.79 Å². The number of terminal acetylenes is 1. The Labute approximate surface area is 287 Å². The van der Waals surface area contributed by atoms with Gasteiger partial charge in [0.15, 0.2) is 0 Å². The zero-order chi connectivity index (χ0) is 35.1. The van der Waals surface area contributed by atoms with E-state index in [1.165, 1.54) is 0 Å². The Bertz CT molecular complexity index is 1330. The van der Waals surface area contributed by atoms with Crippen LogP contribution in [0, 0.1) is 12.3 Å². The summed E-state index contributed by atoms with van der Waals surface area (Å²) in [6.07, 6.45) is 6.06. The average molecular weight is 682 g/mol. The minimum absolute atomic E-state index is 0.0317. The van der Waals surface area contributed by atoms with Crippen LogP contribution in [0.4, 0.5) is 4.79 Å². The Hall–Kier alpha value is -4.48. The van der Waals surface area contributed by atoms with Crippen LogP contribution in [-0.4, -0.2) is 108 Å². The molecule has 1 aliphatic carbocycles. The summed E-state index contributed by atoms with van der Waals surface area (Å²) in [6.45, 7) is 2.54. The predicted molar refractivity (Wildman–Crippen MR) is 181 cm³/mol. The van der Waals surface area contributed by atoms with Crippen molar-refractivity contribution in [1.29, 1.82) is 0 Å². The van der Waals surface area contributed by atoms with E-state index >= 15 is 0 Å². The third kappa shape index (κ3) is 14.7. The Balaban J connectivity index is 1.37. The zero-order valence-corrected chi connectivity index (χ0v) is 27.8. The van der Waals surface area contributed by atoms with Crippen LogP contribution >= 0.6 is 0 Å². The van der Waals surface area contributed by atoms with Crippen molar-refractivity contribution in [2.24, 2.45) is 0 Å². The molecule has 0 spiro atoms. The number of carboxylic acid groups (broad SMARTS) is 1. The highest BCUT2D eigenvalue weighted by Gasteiger charge is 2.29. The first-order valence-electron chi connectivity index (χ1n) is 16.5. The lowest BCUT2D eigenvalue weighted by molar-refractivity contribution is -0.138. The molecule has 3 amide bonds. The Morgan fingerprint density at radius 2 is 1.37 bits per heavy atom. The molecule has 2 aromatic carbocycles. The summed E-state index contributed by atoms with van der Waals surface area (Å²) < 4.78 is 26.7. The number of benzene rings is 2. The topological polar surface area (TPSA) is 171 Å². The van der Waals surface area contributed by atoms with Gasteiger partial charge in [0.25, 0.3) is 0 Å². The number of alkyl carbamates (subject to hydrolysis) is 1. The highest BCUT2D eigenvalue weighted by Crippen LogP contribution is 2.44. The molecule has 0 aromatic heterocycles. The van der Waals surface area contributed by atoms with Gasteiger partial charge in [-0.05, 0) is 41.5 Å². The number of amides is 3. The molecule has 4 N–H and O–H groups in total. The number of unbranched alkanes of at least 4 members (excludes halogenated alkanes) is 1. The molecule has 0 fully saturated rings. The molecule has 0 saturated heterocycles. The van der Waals surface area contributed by atoms with Crippen LogP contribution in [0.3, 0.4) is 0 Å². The number of carboxylic acids is 1. The van der Waals surface area contributed by atoms with Crippen molar-refractivity contribution < 1.29 is 48.0 Å². The monoisotopic (exact) mass is 681 g/mol. The molecule has 13 heteroatoms. The van der Waals surface area contributed by atoms with E-state index in [-0.39, 0.29) is 83.4 Å². The lowest BCUT2D eigenvalue weighted by atomic mass is 9.98. The van der Waals surface area contributed by atoms with E-state index in [9.17, 15) is 19.2 Å². The zero-order valence-electron chi connectivity index (χ0n) is 27.8. The Kier molecular flexibility index (Phi) is 18.3. The second kappa shape index (κ2) is 23.0. The van der Waals surface area contributed by atoms with Gasteiger partial charge in [0, 0.05) is 25.4 Å². The summed E-state index contributed by atoms with van der Waals surface area (Å²) in [4.78, 5) is 48.5. The van der Waals surface area contributed by atoms with Gasteiger partial charge < -0.3 is 44.7 Å². The molecule has 0 unspecified atom stereocenters. The summed E-state index contributed by atoms with van der Waals surface area (Å²) in [6, 6.07) is 15.5. The van der Waals surface area contributed by atoms with Gasteiger partial charge in [-0.3, -0.25) is 14.4 Å². The Morgan fingerprint density at radius 1 is 0.755 bits per heavy atom. The number of fused-ring (bicyclic) bond motifs is 3. The standard InChI is InChI=1S/C36H47N3O10/c1-2-18-45-22-23-46-19-14-33(40)39-32(35(43)37-17-21-48-25-24-47-20-15-34(41)42)13-7-8-16-38-36(44)49-26-31-29-11-5-3-9-27(29)28-10-4-6-12-30(28)31/h1,3-6,9-12,31-32H,7-8,13-26H2,(H,37,43)(H,38,44)(H,39,40)(H,41,42)/t32-/m0/s1. The molecule has 1 aliphatic rings. The molecule has 1 atom stereocenters. The minimum atomic E-state index is -0.935. The maximum absolute atomic E-state index is 12.9. The van der Waals surface area contributed by atoms with Crippen LogP contribution < -0.4 is 16.0 Å². The van der Waals surface area contributed by atoms with E-state index in [4.69, 9.17) is 35.2 Å². The molecule has 0 heterocycles. The predicted octanol–water partition coefficient (Wildman–Crippen LogP) is 2.86. The van der Waals surface area contributed by atoms with Crippen molar-refractivity contribution in [3.8, 4) is 23.5 Å². The number of ether oxygens (including phenoxy) is 5. The van der Waals surface area contributed by atoms with Gasteiger partial charge in [0.2, 0.25) is 11.8 Å². The van der Waals surface area contributed by atoms with Crippen LogP contribution in [0.5, 0.6) is 0 Å². The van der Waals surface area contributed by atoms with E-state index in [0.29, 0.717) is 39.0 Å². The fourth-order valence-corrected chi connectivity index (χ4v) is 5.22. The summed E-state index contributed by atoms with van der Waals surface area (Å²) in [5.41, 5.74) is 4.58. The number of hydrogen-bond acceptors (Lipinski definition) is 9. The van der Waals surface area contributed by atoms with Crippen molar-refractivity contribution in [3.05, 3.63) is 59.7 Å². The lowest BCUT2D eigenvalue weighted by Crippen LogP contribution is -2.47. The summed E-state index contributed by atoms with van der Waals surface area (Å²) in [7, 11) is 0. The maximum atomic E-state index is 12.9. The molecule has 0 aliphatic heterocycles. The quantitative estimate of drug-likeness (QED) is 0.0903. The summed E-state index contributed by atoms with van der Waals surface area (Å²) >= 11 is 0. The van der Waals surface area contributed by atoms with Crippen LogP contribution in [0.25, 0.3) is 11.1 Å². The molecule has 2 aromatic rings. The minimum Gasteiger partial charge on any atom is -0.481 e. The van der Waals surface area contributed by atoms with E-state index in [1.807, 2.05) is 24.3 Å². The van der Waals surface area contributed by atoms with E-state index in [1.54, 1.807) is 0 Å². The average Bonchev–Trinajstić information content (AvgIpc) is 3.42. The van der Waals surface area contributed by atoms with Gasteiger partial charge in [-0.15, -0.1) is 6.42 Å². The summed E-state index contributed by atoms with van der Waals surface area (Å²) in [5.74, 6) is 0.696. The molecular weight excluding hydrogens is 634 g/mol. The first kappa shape index (κ1) is 39.0. The fraction of sp³-hybridized carbons (Fsp3) is 0.500. The van der Waals surface area contributed by atoms with Crippen LogP contribution in [0.1, 0.15) is 49.1 Å². The smallest absolute Gasteiger partial charge is 0.407 e.